The molecule has 0 aliphatic carbocycles. The summed E-state index contributed by atoms with van der Waals surface area (Å²) in [4.78, 5) is 50.0. The second-order valence-corrected chi connectivity index (χ2v) is 7.87. The molecule has 156 valence electrons. The maximum atomic E-state index is 13.2. The van der Waals surface area contributed by atoms with Crippen LogP contribution in [0.2, 0.25) is 5.02 Å². The van der Waals surface area contributed by atoms with E-state index in [0.717, 1.165) is 11.0 Å². The highest BCUT2D eigenvalue weighted by molar-refractivity contribution is 8.18. The van der Waals surface area contributed by atoms with Gasteiger partial charge in [-0.25, -0.2) is 9.18 Å². The summed E-state index contributed by atoms with van der Waals surface area (Å²) in [5, 5.41) is 2.26. The molecule has 1 fully saturated rings. The Morgan fingerprint density at radius 1 is 1.16 bits per heavy atom. The molecule has 1 aliphatic rings. The van der Waals surface area contributed by atoms with E-state index in [2.05, 4.69) is 5.32 Å². The fourth-order valence-corrected chi connectivity index (χ4v) is 3.88. The Labute approximate surface area is 183 Å². The third kappa shape index (κ3) is 4.37. The van der Waals surface area contributed by atoms with E-state index in [0.29, 0.717) is 22.7 Å². The highest BCUT2D eigenvalue weighted by atomic mass is 35.5. The second-order valence-electron chi connectivity index (χ2n) is 6.47. The van der Waals surface area contributed by atoms with E-state index in [-0.39, 0.29) is 21.2 Å². The zero-order valence-corrected chi connectivity index (χ0v) is 17.1. The summed E-state index contributed by atoms with van der Waals surface area (Å²) in [6.07, 6.45) is 1.26. The number of para-hydroxylation sites is 1. The lowest BCUT2D eigenvalue weighted by Crippen LogP contribution is -2.36. The molecular formula is C21H12ClFN2O5S. The van der Waals surface area contributed by atoms with Crippen LogP contribution in [0.3, 0.4) is 0 Å². The van der Waals surface area contributed by atoms with E-state index in [9.17, 15) is 23.6 Å². The van der Waals surface area contributed by atoms with Crippen LogP contribution in [-0.2, 0) is 9.59 Å². The number of carbonyl (C=O) groups is 3. The van der Waals surface area contributed by atoms with Gasteiger partial charge in [-0.2, -0.15) is 0 Å². The molecule has 0 unspecified atom stereocenters. The number of fused-ring (bicyclic) bond motifs is 1. The lowest BCUT2D eigenvalue weighted by atomic mass is 10.2. The molecule has 1 N–H and O–H groups in total. The second kappa shape index (κ2) is 8.37. The molecule has 3 amide bonds. The number of imide groups is 1. The monoisotopic (exact) mass is 458 g/mol. The summed E-state index contributed by atoms with van der Waals surface area (Å²) in [7, 11) is 0. The SMILES string of the molecule is O=C(CN1C(=O)S/C(=C/c2cc3ccccc3oc2=O)C1=O)Nc1ccc(F)c(Cl)c1. The zero-order chi connectivity index (χ0) is 22.1. The molecule has 0 radical (unpaired) electrons. The number of hydrogen-bond acceptors (Lipinski definition) is 6. The van der Waals surface area contributed by atoms with Gasteiger partial charge in [0, 0.05) is 11.1 Å². The van der Waals surface area contributed by atoms with Gasteiger partial charge >= 0.3 is 5.63 Å². The molecule has 10 heteroatoms. The molecular weight excluding hydrogens is 447 g/mol. The Kier molecular flexibility index (Phi) is 5.62. The molecule has 1 saturated heterocycles. The minimum atomic E-state index is -0.713. The van der Waals surface area contributed by atoms with Gasteiger partial charge in [0.1, 0.15) is 17.9 Å². The van der Waals surface area contributed by atoms with Gasteiger partial charge in [-0.3, -0.25) is 19.3 Å². The summed E-state index contributed by atoms with van der Waals surface area (Å²) in [6.45, 7) is -0.552. The van der Waals surface area contributed by atoms with Gasteiger partial charge in [-0.15, -0.1) is 0 Å². The first-order chi connectivity index (χ1) is 14.8. The van der Waals surface area contributed by atoms with Crippen molar-refractivity contribution in [3.8, 4) is 0 Å². The first-order valence-electron chi connectivity index (χ1n) is 8.85. The van der Waals surface area contributed by atoms with E-state index in [1.807, 2.05) is 0 Å². The molecule has 31 heavy (non-hydrogen) atoms. The number of carbonyl (C=O) groups excluding carboxylic acids is 3. The van der Waals surface area contributed by atoms with Crippen molar-refractivity contribution in [2.75, 3.05) is 11.9 Å². The van der Waals surface area contributed by atoms with Crippen molar-refractivity contribution in [3.63, 3.8) is 0 Å². The summed E-state index contributed by atoms with van der Waals surface area (Å²) in [5.41, 5.74) is 0.0639. The minimum Gasteiger partial charge on any atom is -0.422 e. The zero-order valence-electron chi connectivity index (χ0n) is 15.6. The van der Waals surface area contributed by atoms with Crippen LogP contribution < -0.4 is 10.9 Å². The van der Waals surface area contributed by atoms with Crippen LogP contribution in [0.5, 0.6) is 0 Å². The Balaban J connectivity index is 1.52. The van der Waals surface area contributed by atoms with Crippen LogP contribution in [-0.4, -0.2) is 28.5 Å². The van der Waals surface area contributed by atoms with E-state index >= 15 is 0 Å². The molecule has 0 saturated carbocycles. The highest BCUT2D eigenvalue weighted by Gasteiger charge is 2.36. The van der Waals surface area contributed by atoms with Crippen molar-refractivity contribution in [2.24, 2.45) is 0 Å². The number of benzene rings is 2. The summed E-state index contributed by atoms with van der Waals surface area (Å²) < 4.78 is 18.4. The molecule has 0 atom stereocenters. The summed E-state index contributed by atoms with van der Waals surface area (Å²) in [6, 6.07) is 12.0. The van der Waals surface area contributed by atoms with E-state index in [4.69, 9.17) is 16.0 Å². The number of nitrogens with one attached hydrogen (secondary N) is 1. The van der Waals surface area contributed by atoms with Gasteiger partial charge in [-0.1, -0.05) is 29.8 Å². The van der Waals surface area contributed by atoms with Crippen LogP contribution in [0.1, 0.15) is 5.56 Å². The number of halogens is 2. The minimum absolute atomic E-state index is 0.00907. The topological polar surface area (TPSA) is 96.7 Å². The predicted molar refractivity (Wildman–Crippen MR) is 115 cm³/mol. The standard InChI is InChI=1S/C21H12ClFN2O5S/c22-14-9-13(5-6-15(14)23)24-18(26)10-25-19(27)17(31-21(25)29)8-12-7-11-3-1-2-4-16(11)30-20(12)28/h1-9H,10H2,(H,24,26)/b17-8+. The predicted octanol–water partition coefficient (Wildman–Crippen LogP) is 4.26. The maximum absolute atomic E-state index is 13.2. The van der Waals surface area contributed by atoms with Crippen molar-refractivity contribution in [2.45, 2.75) is 0 Å². The van der Waals surface area contributed by atoms with Crippen molar-refractivity contribution in [1.82, 2.24) is 4.90 Å². The molecule has 1 aliphatic heterocycles. The quantitative estimate of drug-likeness (QED) is 0.463. The molecule has 4 rings (SSSR count). The van der Waals surface area contributed by atoms with E-state index in [1.165, 1.54) is 18.2 Å². The van der Waals surface area contributed by atoms with E-state index in [1.54, 1.807) is 30.3 Å². The Bertz CT molecular complexity index is 1340. The third-order valence-electron chi connectivity index (χ3n) is 4.33. The molecule has 3 aromatic rings. The molecule has 7 nitrogen and oxygen atoms in total. The average molecular weight is 459 g/mol. The molecule has 0 spiro atoms. The maximum Gasteiger partial charge on any atom is 0.343 e. The lowest BCUT2D eigenvalue weighted by molar-refractivity contribution is -0.127. The fourth-order valence-electron chi connectivity index (χ4n) is 2.87. The van der Waals surface area contributed by atoms with Crippen molar-refractivity contribution < 1.29 is 23.2 Å². The van der Waals surface area contributed by atoms with Gasteiger partial charge in [0.05, 0.1) is 15.5 Å². The number of amides is 3. The Morgan fingerprint density at radius 2 is 1.94 bits per heavy atom. The van der Waals surface area contributed by atoms with Crippen LogP contribution in [0.4, 0.5) is 14.9 Å². The molecule has 0 bridgehead atoms. The van der Waals surface area contributed by atoms with Crippen LogP contribution in [0.25, 0.3) is 17.0 Å². The van der Waals surface area contributed by atoms with Gasteiger partial charge < -0.3 is 9.73 Å². The number of hydrogen-bond donors (Lipinski definition) is 1. The number of rotatable bonds is 4. The number of thioether (sulfide) groups is 1. The van der Waals surface area contributed by atoms with Crippen LogP contribution >= 0.6 is 23.4 Å². The number of nitrogens with zero attached hydrogens (tertiary/aromatic N) is 1. The number of anilines is 1. The molecule has 2 heterocycles. The van der Waals surface area contributed by atoms with E-state index < -0.39 is 35.0 Å². The first-order valence-corrected chi connectivity index (χ1v) is 10.0. The van der Waals surface area contributed by atoms with Crippen molar-refractivity contribution in [1.29, 1.82) is 0 Å². The summed E-state index contributed by atoms with van der Waals surface area (Å²) >= 11 is 6.28. The van der Waals surface area contributed by atoms with Gasteiger partial charge in [-0.05, 0) is 48.2 Å². The largest absolute Gasteiger partial charge is 0.422 e. The Hall–Kier alpha value is -3.43. The lowest BCUT2D eigenvalue weighted by Gasteiger charge is -2.12. The fraction of sp³-hybridized carbons (Fsp3) is 0.0476. The van der Waals surface area contributed by atoms with Crippen LogP contribution in [0.15, 0.2) is 62.6 Å². The Morgan fingerprint density at radius 3 is 2.71 bits per heavy atom. The smallest absolute Gasteiger partial charge is 0.343 e. The van der Waals surface area contributed by atoms with Crippen molar-refractivity contribution >= 4 is 63.1 Å². The molecule has 1 aromatic heterocycles. The average Bonchev–Trinajstić information content (AvgIpc) is 2.98. The third-order valence-corrected chi connectivity index (χ3v) is 5.53. The first kappa shape index (κ1) is 20.8. The van der Waals surface area contributed by atoms with Crippen molar-refractivity contribution in [3.05, 3.63) is 80.3 Å². The van der Waals surface area contributed by atoms with Crippen LogP contribution in [0, 0.1) is 5.82 Å². The normalized spacial score (nSPS) is 15.2. The van der Waals surface area contributed by atoms with Gasteiger partial charge in [0.25, 0.3) is 11.1 Å². The molecule has 2 aromatic carbocycles. The van der Waals surface area contributed by atoms with Gasteiger partial charge in [0.15, 0.2) is 0 Å². The van der Waals surface area contributed by atoms with Gasteiger partial charge in [0.2, 0.25) is 5.91 Å². The highest BCUT2D eigenvalue weighted by Crippen LogP contribution is 2.32. The summed E-state index contributed by atoms with van der Waals surface area (Å²) in [5.74, 6) is -2.03.